The molecule has 1 aliphatic heterocycles. The topological polar surface area (TPSA) is 82.6 Å². The summed E-state index contributed by atoms with van der Waals surface area (Å²) >= 11 is 0. The predicted molar refractivity (Wildman–Crippen MR) is 98.9 cm³/mol. The van der Waals surface area contributed by atoms with Crippen LogP contribution in [0.3, 0.4) is 0 Å². The third-order valence-electron chi connectivity index (χ3n) is 4.13. The Kier molecular flexibility index (Phi) is 7.72. The van der Waals surface area contributed by atoms with Crippen molar-refractivity contribution in [3.8, 4) is 0 Å². The summed E-state index contributed by atoms with van der Waals surface area (Å²) in [5.41, 5.74) is 0. The van der Waals surface area contributed by atoms with Crippen molar-refractivity contribution in [1.29, 1.82) is 0 Å². The summed E-state index contributed by atoms with van der Waals surface area (Å²) < 4.78 is 5.05. The zero-order valence-electron chi connectivity index (χ0n) is 15.5. The van der Waals surface area contributed by atoms with Crippen molar-refractivity contribution >= 4 is 17.7 Å². The lowest BCUT2D eigenvalue weighted by Gasteiger charge is -2.31. The zero-order valence-corrected chi connectivity index (χ0v) is 15.5. The lowest BCUT2D eigenvalue weighted by molar-refractivity contribution is 0.0983. The first-order chi connectivity index (χ1) is 12.1. The van der Waals surface area contributed by atoms with E-state index in [9.17, 15) is 4.79 Å². The van der Waals surface area contributed by atoms with Gasteiger partial charge in [-0.1, -0.05) is 0 Å². The van der Waals surface area contributed by atoms with Gasteiger partial charge in [0.15, 0.2) is 0 Å². The van der Waals surface area contributed by atoms with E-state index in [0.717, 1.165) is 44.0 Å². The molecular formula is C17H30N6O2. The second-order valence-corrected chi connectivity index (χ2v) is 6.48. The van der Waals surface area contributed by atoms with Gasteiger partial charge in [0.05, 0.1) is 6.61 Å². The molecule has 1 aliphatic rings. The van der Waals surface area contributed by atoms with E-state index in [0.29, 0.717) is 25.7 Å². The number of ether oxygens (including phenoxy) is 1. The highest BCUT2D eigenvalue weighted by atomic mass is 16.6. The van der Waals surface area contributed by atoms with Crippen molar-refractivity contribution in [3.05, 3.63) is 12.4 Å². The number of piperidine rings is 1. The first-order valence-electron chi connectivity index (χ1n) is 8.97. The van der Waals surface area contributed by atoms with E-state index >= 15 is 0 Å². The lowest BCUT2D eigenvalue weighted by Crippen LogP contribution is -2.42. The summed E-state index contributed by atoms with van der Waals surface area (Å²) in [5, 5.41) is 6.77. The van der Waals surface area contributed by atoms with Gasteiger partial charge in [0.25, 0.3) is 0 Å². The SMILES string of the molecule is CCOC(=O)N1CCC(Nc2cc(NCCCN(C)C)ncn2)CC1. The van der Waals surface area contributed by atoms with E-state index in [-0.39, 0.29) is 6.09 Å². The van der Waals surface area contributed by atoms with Gasteiger partial charge in [-0.25, -0.2) is 14.8 Å². The molecule has 0 atom stereocenters. The second-order valence-electron chi connectivity index (χ2n) is 6.48. The molecule has 2 heterocycles. The van der Waals surface area contributed by atoms with Crippen LogP contribution in [0.4, 0.5) is 16.4 Å². The van der Waals surface area contributed by atoms with Crippen molar-refractivity contribution in [2.24, 2.45) is 0 Å². The summed E-state index contributed by atoms with van der Waals surface area (Å²) in [6, 6.07) is 2.25. The van der Waals surface area contributed by atoms with E-state index in [1.165, 1.54) is 0 Å². The van der Waals surface area contributed by atoms with Crippen LogP contribution < -0.4 is 10.6 Å². The zero-order chi connectivity index (χ0) is 18.1. The van der Waals surface area contributed by atoms with E-state index in [1.54, 1.807) is 11.2 Å². The molecule has 0 saturated carbocycles. The highest BCUT2D eigenvalue weighted by molar-refractivity contribution is 5.67. The molecule has 1 aromatic heterocycles. The molecule has 8 heteroatoms. The Bertz CT molecular complexity index is 532. The average Bonchev–Trinajstić information content (AvgIpc) is 2.60. The molecule has 0 unspecified atom stereocenters. The molecular weight excluding hydrogens is 320 g/mol. The highest BCUT2D eigenvalue weighted by Gasteiger charge is 2.23. The summed E-state index contributed by atoms with van der Waals surface area (Å²) in [7, 11) is 4.14. The van der Waals surface area contributed by atoms with Crippen LogP contribution in [0.5, 0.6) is 0 Å². The number of aromatic nitrogens is 2. The molecule has 2 N–H and O–H groups in total. The van der Waals surface area contributed by atoms with Crippen LogP contribution in [0, 0.1) is 0 Å². The number of anilines is 2. The van der Waals surface area contributed by atoms with Gasteiger partial charge >= 0.3 is 6.09 Å². The number of rotatable bonds is 8. The largest absolute Gasteiger partial charge is 0.450 e. The number of carbonyl (C=O) groups is 1. The van der Waals surface area contributed by atoms with Crippen LogP contribution in [0.1, 0.15) is 26.2 Å². The van der Waals surface area contributed by atoms with Crippen molar-refractivity contribution in [2.45, 2.75) is 32.2 Å². The molecule has 0 radical (unpaired) electrons. The van der Waals surface area contributed by atoms with Gasteiger partial charge in [0, 0.05) is 31.7 Å². The monoisotopic (exact) mass is 350 g/mol. The van der Waals surface area contributed by atoms with Gasteiger partial charge in [-0.2, -0.15) is 0 Å². The predicted octanol–water partition coefficient (Wildman–Crippen LogP) is 1.87. The van der Waals surface area contributed by atoms with Crippen LogP contribution in [-0.4, -0.2) is 78.8 Å². The Hall–Kier alpha value is -2.09. The summed E-state index contributed by atoms with van der Waals surface area (Å²) in [6.45, 7) is 5.58. The average molecular weight is 350 g/mol. The third kappa shape index (κ3) is 6.74. The minimum atomic E-state index is -0.216. The number of nitrogens with zero attached hydrogens (tertiary/aromatic N) is 4. The molecule has 0 bridgehead atoms. The maximum atomic E-state index is 11.7. The maximum Gasteiger partial charge on any atom is 0.409 e. The summed E-state index contributed by atoms with van der Waals surface area (Å²) in [5.74, 6) is 1.65. The van der Waals surface area contributed by atoms with Crippen LogP contribution >= 0.6 is 0 Å². The lowest BCUT2D eigenvalue weighted by atomic mass is 10.1. The minimum absolute atomic E-state index is 0.216. The Labute approximate surface area is 150 Å². The Morgan fingerprint density at radius 3 is 2.72 bits per heavy atom. The number of carbonyl (C=O) groups excluding carboxylic acids is 1. The van der Waals surface area contributed by atoms with Gasteiger partial charge in [0.2, 0.25) is 0 Å². The van der Waals surface area contributed by atoms with Crippen LogP contribution in [-0.2, 0) is 4.74 Å². The maximum absolute atomic E-state index is 11.7. The molecule has 0 aromatic carbocycles. The smallest absolute Gasteiger partial charge is 0.409 e. The fraction of sp³-hybridized carbons (Fsp3) is 0.706. The molecule has 25 heavy (non-hydrogen) atoms. The molecule has 140 valence electrons. The van der Waals surface area contributed by atoms with Gasteiger partial charge in [-0.05, 0) is 46.8 Å². The van der Waals surface area contributed by atoms with E-state index in [2.05, 4.69) is 39.6 Å². The minimum Gasteiger partial charge on any atom is -0.450 e. The van der Waals surface area contributed by atoms with Gasteiger partial charge < -0.3 is 25.2 Å². The van der Waals surface area contributed by atoms with Gasteiger partial charge in [-0.15, -0.1) is 0 Å². The summed E-state index contributed by atoms with van der Waals surface area (Å²) in [6.07, 6.45) is 4.19. The van der Waals surface area contributed by atoms with Gasteiger partial charge in [-0.3, -0.25) is 0 Å². The van der Waals surface area contributed by atoms with E-state index in [1.807, 2.05) is 13.0 Å². The fourth-order valence-electron chi connectivity index (χ4n) is 2.77. The number of amides is 1. The number of likely N-dealkylation sites (tertiary alicyclic amines) is 1. The Morgan fingerprint density at radius 1 is 1.32 bits per heavy atom. The molecule has 1 fully saturated rings. The normalized spacial score (nSPS) is 15.3. The standard InChI is InChI=1S/C17H30N6O2/c1-4-25-17(24)23-10-6-14(7-11-23)21-16-12-15(19-13-20-16)18-8-5-9-22(2)3/h12-14H,4-11H2,1-3H3,(H2,18,19,20,21). The first kappa shape index (κ1) is 19.2. The van der Waals surface area contributed by atoms with Crippen molar-refractivity contribution in [2.75, 3.05) is 57.5 Å². The van der Waals surface area contributed by atoms with Crippen molar-refractivity contribution in [3.63, 3.8) is 0 Å². The van der Waals surface area contributed by atoms with Crippen molar-refractivity contribution in [1.82, 2.24) is 19.8 Å². The number of nitrogens with one attached hydrogen (secondary N) is 2. The number of hydrogen-bond donors (Lipinski definition) is 2. The molecule has 0 aliphatic carbocycles. The van der Waals surface area contributed by atoms with Crippen LogP contribution in [0.25, 0.3) is 0 Å². The first-order valence-corrected chi connectivity index (χ1v) is 8.97. The molecule has 1 aromatic rings. The quantitative estimate of drug-likeness (QED) is 0.693. The Balaban J connectivity index is 1.76. The van der Waals surface area contributed by atoms with Crippen molar-refractivity contribution < 1.29 is 9.53 Å². The fourth-order valence-corrected chi connectivity index (χ4v) is 2.77. The van der Waals surface area contributed by atoms with Crippen LogP contribution in [0.2, 0.25) is 0 Å². The Morgan fingerprint density at radius 2 is 2.04 bits per heavy atom. The van der Waals surface area contributed by atoms with E-state index < -0.39 is 0 Å². The molecule has 0 spiro atoms. The highest BCUT2D eigenvalue weighted by Crippen LogP contribution is 2.17. The summed E-state index contributed by atoms with van der Waals surface area (Å²) in [4.78, 5) is 24.2. The molecule has 8 nitrogen and oxygen atoms in total. The number of hydrogen-bond acceptors (Lipinski definition) is 7. The molecule has 1 amide bonds. The van der Waals surface area contributed by atoms with Gasteiger partial charge in [0.1, 0.15) is 18.0 Å². The van der Waals surface area contributed by atoms with Crippen LogP contribution in [0.15, 0.2) is 12.4 Å². The third-order valence-corrected chi connectivity index (χ3v) is 4.13. The second kappa shape index (κ2) is 10.0. The molecule has 2 rings (SSSR count). The van der Waals surface area contributed by atoms with E-state index in [4.69, 9.17) is 4.74 Å². The molecule has 1 saturated heterocycles.